The number of amides is 2. The first-order chi connectivity index (χ1) is 8.21. The molecule has 1 heterocycles. The van der Waals surface area contributed by atoms with E-state index in [9.17, 15) is 4.79 Å². The molecule has 4 nitrogen and oxygen atoms in total. The molecule has 0 radical (unpaired) electrons. The van der Waals surface area contributed by atoms with Gasteiger partial charge in [0.05, 0.1) is 5.54 Å². The SMILES string of the molecule is Nc1cccc(N2C(=O)NCC23CCCC3)c1. The standard InChI is InChI=1S/C13H17N3O/c14-10-4-3-5-11(8-10)16-12(17)15-9-13(16)6-1-2-7-13/h3-5,8H,1-2,6-7,9,14H2,(H,15,17). The van der Waals surface area contributed by atoms with Crippen molar-refractivity contribution >= 4 is 17.4 Å². The molecule has 1 spiro atoms. The largest absolute Gasteiger partial charge is 0.399 e. The Balaban J connectivity index is 2.01. The van der Waals surface area contributed by atoms with Gasteiger partial charge in [0.25, 0.3) is 0 Å². The van der Waals surface area contributed by atoms with Crippen molar-refractivity contribution in [3.05, 3.63) is 24.3 Å². The minimum Gasteiger partial charge on any atom is -0.399 e. The van der Waals surface area contributed by atoms with Crippen LogP contribution in [-0.4, -0.2) is 18.1 Å². The molecule has 17 heavy (non-hydrogen) atoms. The van der Waals surface area contributed by atoms with E-state index in [1.54, 1.807) is 0 Å². The normalized spacial score (nSPS) is 22.1. The van der Waals surface area contributed by atoms with E-state index in [4.69, 9.17) is 5.73 Å². The average Bonchev–Trinajstić information content (AvgIpc) is 2.88. The van der Waals surface area contributed by atoms with Crippen molar-refractivity contribution in [1.82, 2.24) is 5.32 Å². The fraction of sp³-hybridized carbons (Fsp3) is 0.462. The van der Waals surface area contributed by atoms with Gasteiger partial charge in [0, 0.05) is 17.9 Å². The van der Waals surface area contributed by atoms with E-state index in [-0.39, 0.29) is 11.6 Å². The number of rotatable bonds is 1. The molecule has 1 aromatic carbocycles. The number of carbonyl (C=O) groups is 1. The minimum absolute atomic E-state index is 0.00905. The van der Waals surface area contributed by atoms with Gasteiger partial charge in [0.1, 0.15) is 0 Å². The number of nitrogens with zero attached hydrogens (tertiary/aromatic N) is 1. The first-order valence-electron chi connectivity index (χ1n) is 6.15. The molecule has 0 aromatic heterocycles. The van der Waals surface area contributed by atoms with E-state index < -0.39 is 0 Å². The zero-order chi connectivity index (χ0) is 11.9. The monoisotopic (exact) mass is 231 g/mol. The smallest absolute Gasteiger partial charge is 0.322 e. The van der Waals surface area contributed by atoms with Crippen LogP contribution in [0, 0.1) is 0 Å². The van der Waals surface area contributed by atoms with Crippen LogP contribution >= 0.6 is 0 Å². The Morgan fingerprint density at radius 1 is 1.29 bits per heavy atom. The van der Waals surface area contributed by atoms with Gasteiger partial charge in [0.15, 0.2) is 0 Å². The van der Waals surface area contributed by atoms with Crippen molar-refractivity contribution in [3.8, 4) is 0 Å². The second-order valence-electron chi connectivity index (χ2n) is 5.02. The summed E-state index contributed by atoms with van der Waals surface area (Å²) in [5.41, 5.74) is 7.41. The summed E-state index contributed by atoms with van der Waals surface area (Å²) in [5.74, 6) is 0. The number of hydrogen-bond donors (Lipinski definition) is 2. The van der Waals surface area contributed by atoms with Crippen molar-refractivity contribution in [2.24, 2.45) is 0 Å². The third kappa shape index (κ3) is 1.55. The van der Waals surface area contributed by atoms with Crippen LogP contribution in [0.1, 0.15) is 25.7 Å². The van der Waals surface area contributed by atoms with Gasteiger partial charge in [-0.1, -0.05) is 18.9 Å². The summed E-state index contributed by atoms with van der Waals surface area (Å²) in [4.78, 5) is 13.9. The van der Waals surface area contributed by atoms with Gasteiger partial charge in [0.2, 0.25) is 0 Å². The van der Waals surface area contributed by atoms with E-state index in [1.165, 1.54) is 12.8 Å². The maximum absolute atomic E-state index is 12.0. The van der Waals surface area contributed by atoms with Crippen molar-refractivity contribution in [2.75, 3.05) is 17.2 Å². The molecule has 4 heteroatoms. The molecule has 1 saturated carbocycles. The number of benzene rings is 1. The van der Waals surface area contributed by atoms with Gasteiger partial charge in [-0.15, -0.1) is 0 Å². The van der Waals surface area contributed by atoms with Crippen molar-refractivity contribution in [2.45, 2.75) is 31.2 Å². The summed E-state index contributed by atoms with van der Waals surface area (Å²) in [6.45, 7) is 0.765. The van der Waals surface area contributed by atoms with Gasteiger partial charge < -0.3 is 11.1 Å². The van der Waals surface area contributed by atoms with Gasteiger partial charge in [-0.05, 0) is 31.0 Å². The molecule has 0 unspecified atom stereocenters. The quantitative estimate of drug-likeness (QED) is 0.727. The second kappa shape index (κ2) is 3.65. The number of urea groups is 1. The number of anilines is 2. The van der Waals surface area contributed by atoms with Gasteiger partial charge in [-0.25, -0.2) is 4.79 Å². The first-order valence-corrected chi connectivity index (χ1v) is 6.15. The summed E-state index contributed by atoms with van der Waals surface area (Å²) in [6, 6.07) is 7.60. The number of nitrogens with two attached hydrogens (primary N) is 1. The molecular weight excluding hydrogens is 214 g/mol. The Morgan fingerprint density at radius 2 is 2.06 bits per heavy atom. The highest BCUT2D eigenvalue weighted by Gasteiger charge is 2.47. The van der Waals surface area contributed by atoms with E-state index in [0.717, 1.165) is 25.1 Å². The Morgan fingerprint density at radius 3 is 2.76 bits per heavy atom. The highest BCUT2D eigenvalue weighted by Crippen LogP contribution is 2.40. The zero-order valence-corrected chi connectivity index (χ0v) is 9.78. The van der Waals surface area contributed by atoms with Crippen LogP contribution < -0.4 is 16.0 Å². The van der Waals surface area contributed by atoms with Crippen LogP contribution in [0.5, 0.6) is 0 Å². The number of carbonyl (C=O) groups excluding carboxylic acids is 1. The van der Waals surface area contributed by atoms with Crippen molar-refractivity contribution in [1.29, 1.82) is 0 Å². The fourth-order valence-electron chi connectivity index (χ4n) is 3.10. The molecule has 3 rings (SSSR count). The topological polar surface area (TPSA) is 58.4 Å². The summed E-state index contributed by atoms with van der Waals surface area (Å²) in [7, 11) is 0. The van der Waals surface area contributed by atoms with Gasteiger partial charge in [-0.3, -0.25) is 4.90 Å². The second-order valence-corrected chi connectivity index (χ2v) is 5.02. The summed E-state index contributed by atoms with van der Waals surface area (Å²) < 4.78 is 0. The Bertz CT molecular complexity index is 452. The lowest BCUT2D eigenvalue weighted by atomic mass is 9.96. The minimum atomic E-state index is -0.00905. The lowest BCUT2D eigenvalue weighted by molar-refractivity contribution is 0.250. The zero-order valence-electron chi connectivity index (χ0n) is 9.78. The van der Waals surface area contributed by atoms with Crippen LogP contribution in [-0.2, 0) is 0 Å². The molecule has 1 aliphatic carbocycles. The molecular formula is C13H17N3O. The third-order valence-corrected chi connectivity index (χ3v) is 3.91. The number of hydrogen-bond acceptors (Lipinski definition) is 2. The van der Waals surface area contributed by atoms with Crippen LogP contribution in [0.25, 0.3) is 0 Å². The van der Waals surface area contributed by atoms with Crippen molar-refractivity contribution in [3.63, 3.8) is 0 Å². The molecule has 0 atom stereocenters. The van der Waals surface area contributed by atoms with E-state index >= 15 is 0 Å². The maximum atomic E-state index is 12.0. The molecule has 2 fully saturated rings. The molecule has 0 bridgehead atoms. The number of nitrogen functional groups attached to an aromatic ring is 1. The van der Waals surface area contributed by atoms with E-state index in [1.807, 2.05) is 29.2 Å². The van der Waals surface area contributed by atoms with E-state index in [0.29, 0.717) is 5.69 Å². The predicted octanol–water partition coefficient (Wildman–Crippen LogP) is 2.11. The molecule has 1 aliphatic heterocycles. The Kier molecular flexibility index (Phi) is 2.24. The maximum Gasteiger partial charge on any atom is 0.322 e. The average molecular weight is 231 g/mol. The van der Waals surface area contributed by atoms with Gasteiger partial charge >= 0.3 is 6.03 Å². The van der Waals surface area contributed by atoms with Crippen LogP contribution in [0.4, 0.5) is 16.2 Å². The van der Waals surface area contributed by atoms with Crippen molar-refractivity contribution < 1.29 is 4.79 Å². The fourth-order valence-corrected chi connectivity index (χ4v) is 3.10. The predicted molar refractivity (Wildman–Crippen MR) is 67.9 cm³/mol. The van der Waals surface area contributed by atoms with Crippen LogP contribution in [0.2, 0.25) is 0 Å². The molecule has 90 valence electrons. The summed E-state index contributed by atoms with van der Waals surface area (Å²) in [6.07, 6.45) is 4.57. The highest BCUT2D eigenvalue weighted by atomic mass is 16.2. The van der Waals surface area contributed by atoms with Crippen LogP contribution in [0.3, 0.4) is 0 Å². The lowest BCUT2D eigenvalue weighted by Crippen LogP contribution is -2.45. The number of nitrogens with one attached hydrogen (secondary N) is 1. The lowest BCUT2D eigenvalue weighted by Gasteiger charge is -2.33. The Hall–Kier alpha value is -1.71. The molecule has 2 aliphatic rings. The first kappa shape index (κ1) is 10.4. The summed E-state index contributed by atoms with van der Waals surface area (Å²) in [5, 5.41) is 2.97. The van der Waals surface area contributed by atoms with Gasteiger partial charge in [-0.2, -0.15) is 0 Å². The molecule has 3 N–H and O–H groups in total. The van der Waals surface area contributed by atoms with E-state index in [2.05, 4.69) is 5.32 Å². The molecule has 1 saturated heterocycles. The Labute approximate surface area is 101 Å². The van der Waals surface area contributed by atoms with Crippen LogP contribution in [0.15, 0.2) is 24.3 Å². The molecule has 2 amide bonds. The highest BCUT2D eigenvalue weighted by molar-refractivity contribution is 5.96. The summed E-state index contributed by atoms with van der Waals surface area (Å²) >= 11 is 0. The molecule has 1 aromatic rings. The third-order valence-electron chi connectivity index (χ3n) is 3.91.